The molecule has 0 spiro atoms. The number of rotatable bonds is 5. The number of carbonyl (C=O) groups is 1. The van der Waals surface area contributed by atoms with Crippen LogP contribution in [0.4, 0.5) is 5.69 Å². The predicted molar refractivity (Wildman–Crippen MR) is 87.9 cm³/mol. The minimum atomic E-state index is -0.115. The largest absolute Gasteiger partial charge is 0.319 e. The maximum atomic E-state index is 12.1. The van der Waals surface area contributed by atoms with Crippen LogP contribution in [0.1, 0.15) is 10.4 Å². The summed E-state index contributed by atoms with van der Waals surface area (Å²) >= 11 is 2.19. The van der Waals surface area contributed by atoms with Crippen LogP contribution in [0.2, 0.25) is 0 Å². The molecule has 6 heteroatoms. The van der Waals surface area contributed by atoms with E-state index in [1.165, 1.54) is 0 Å². The Morgan fingerprint density at radius 3 is 2.95 bits per heavy atom. The van der Waals surface area contributed by atoms with Gasteiger partial charge in [-0.25, -0.2) is 0 Å². The summed E-state index contributed by atoms with van der Waals surface area (Å²) in [6, 6.07) is 7.48. The van der Waals surface area contributed by atoms with Crippen LogP contribution < -0.4 is 5.32 Å². The number of anilines is 1. The molecule has 5 nitrogen and oxygen atoms in total. The van der Waals surface area contributed by atoms with Gasteiger partial charge in [0.15, 0.2) is 0 Å². The number of likely N-dealkylation sites (N-methyl/N-ethyl adjacent to an activating group) is 1. The van der Waals surface area contributed by atoms with E-state index in [4.69, 9.17) is 0 Å². The molecule has 0 atom stereocenters. The molecule has 0 radical (unpaired) electrons. The van der Waals surface area contributed by atoms with Gasteiger partial charge in [-0.2, -0.15) is 5.10 Å². The van der Waals surface area contributed by atoms with Crippen LogP contribution in [-0.2, 0) is 6.54 Å². The molecule has 106 valence electrons. The first kappa shape index (κ1) is 15.0. The molecule has 1 aromatic heterocycles. The van der Waals surface area contributed by atoms with Gasteiger partial charge in [0.05, 0.1) is 18.4 Å². The van der Waals surface area contributed by atoms with Gasteiger partial charge in [-0.05, 0) is 54.9 Å². The van der Waals surface area contributed by atoms with E-state index < -0.39 is 0 Å². The van der Waals surface area contributed by atoms with Gasteiger partial charge in [0.2, 0.25) is 0 Å². The number of amides is 1. The average Bonchev–Trinajstić information content (AvgIpc) is 2.84. The van der Waals surface area contributed by atoms with Crippen molar-refractivity contribution in [1.82, 2.24) is 14.7 Å². The Kier molecular flexibility index (Phi) is 5.13. The Labute approximate surface area is 132 Å². The molecule has 0 saturated carbocycles. The van der Waals surface area contributed by atoms with E-state index >= 15 is 0 Å². The third kappa shape index (κ3) is 4.31. The highest BCUT2D eigenvalue weighted by Crippen LogP contribution is 2.11. The second kappa shape index (κ2) is 6.85. The van der Waals surface area contributed by atoms with Gasteiger partial charge in [-0.3, -0.25) is 9.48 Å². The summed E-state index contributed by atoms with van der Waals surface area (Å²) in [6.07, 6.45) is 3.51. The number of benzene rings is 1. The van der Waals surface area contributed by atoms with Crippen LogP contribution in [-0.4, -0.2) is 41.2 Å². The highest BCUT2D eigenvalue weighted by Gasteiger charge is 2.07. The molecule has 0 fully saturated rings. The molecule has 1 heterocycles. The molecule has 20 heavy (non-hydrogen) atoms. The van der Waals surface area contributed by atoms with Crippen LogP contribution >= 0.6 is 22.6 Å². The zero-order valence-corrected chi connectivity index (χ0v) is 13.7. The SMILES string of the molecule is CN(C)CCn1cc(NC(=O)c2cccc(I)c2)cn1. The second-order valence-electron chi connectivity index (χ2n) is 4.76. The van der Waals surface area contributed by atoms with Gasteiger partial charge in [0.1, 0.15) is 0 Å². The average molecular weight is 384 g/mol. The van der Waals surface area contributed by atoms with Gasteiger partial charge in [-0.1, -0.05) is 6.07 Å². The number of hydrogen-bond acceptors (Lipinski definition) is 3. The molecule has 1 amide bonds. The standard InChI is InChI=1S/C14H17IN4O/c1-18(2)6-7-19-10-13(9-16-19)17-14(20)11-4-3-5-12(15)8-11/h3-5,8-10H,6-7H2,1-2H3,(H,17,20). The molecule has 2 aromatic rings. The number of carbonyl (C=O) groups excluding carboxylic acids is 1. The monoisotopic (exact) mass is 384 g/mol. The number of nitrogens with zero attached hydrogens (tertiary/aromatic N) is 3. The first-order chi connectivity index (χ1) is 9.54. The fraction of sp³-hybridized carbons (Fsp3) is 0.286. The summed E-state index contributed by atoms with van der Waals surface area (Å²) in [7, 11) is 4.03. The minimum absolute atomic E-state index is 0.115. The molecule has 0 saturated heterocycles. The van der Waals surface area contributed by atoms with Gasteiger partial charge in [0.25, 0.3) is 5.91 Å². The minimum Gasteiger partial charge on any atom is -0.319 e. The predicted octanol–water partition coefficient (Wildman–Crippen LogP) is 2.30. The van der Waals surface area contributed by atoms with E-state index in [2.05, 4.69) is 37.9 Å². The van der Waals surface area contributed by atoms with Crippen LogP contribution in [0, 0.1) is 3.57 Å². The summed E-state index contributed by atoms with van der Waals surface area (Å²) in [5, 5.41) is 7.08. The highest BCUT2D eigenvalue weighted by atomic mass is 127. The molecule has 0 aliphatic rings. The Hall–Kier alpha value is -1.41. The Balaban J connectivity index is 1.98. The number of halogens is 1. The third-order valence-corrected chi connectivity index (χ3v) is 3.43. The van der Waals surface area contributed by atoms with E-state index in [9.17, 15) is 4.79 Å². The van der Waals surface area contributed by atoms with E-state index in [-0.39, 0.29) is 5.91 Å². The topological polar surface area (TPSA) is 50.2 Å². The normalized spacial score (nSPS) is 10.8. The molecule has 2 rings (SSSR count). The molecular formula is C14H17IN4O. The lowest BCUT2D eigenvalue weighted by molar-refractivity contribution is 0.102. The lowest BCUT2D eigenvalue weighted by Gasteiger charge is -2.08. The van der Waals surface area contributed by atoms with Crippen molar-refractivity contribution in [3.63, 3.8) is 0 Å². The highest BCUT2D eigenvalue weighted by molar-refractivity contribution is 14.1. The third-order valence-electron chi connectivity index (χ3n) is 2.75. The van der Waals surface area contributed by atoms with Crippen molar-refractivity contribution in [2.45, 2.75) is 6.54 Å². The van der Waals surface area contributed by atoms with E-state index in [0.29, 0.717) is 11.3 Å². The maximum Gasteiger partial charge on any atom is 0.255 e. The summed E-state index contributed by atoms with van der Waals surface area (Å²) in [5.74, 6) is -0.115. The van der Waals surface area contributed by atoms with Crippen molar-refractivity contribution in [3.8, 4) is 0 Å². The van der Waals surface area contributed by atoms with Crippen LogP contribution in [0.5, 0.6) is 0 Å². The molecule has 0 aliphatic carbocycles. The first-order valence-electron chi connectivity index (χ1n) is 6.29. The Bertz CT molecular complexity index is 594. The van der Waals surface area contributed by atoms with Crippen molar-refractivity contribution < 1.29 is 4.79 Å². The fourth-order valence-corrected chi connectivity index (χ4v) is 2.23. The van der Waals surface area contributed by atoms with Gasteiger partial charge in [0, 0.05) is 21.9 Å². The first-order valence-corrected chi connectivity index (χ1v) is 7.36. The molecule has 1 N–H and O–H groups in total. The van der Waals surface area contributed by atoms with Crippen molar-refractivity contribution in [3.05, 3.63) is 45.8 Å². The summed E-state index contributed by atoms with van der Waals surface area (Å²) in [5.41, 5.74) is 1.37. The summed E-state index contributed by atoms with van der Waals surface area (Å²) in [4.78, 5) is 14.2. The quantitative estimate of drug-likeness (QED) is 0.805. The van der Waals surface area contributed by atoms with E-state index in [1.807, 2.05) is 43.2 Å². The van der Waals surface area contributed by atoms with Crippen molar-refractivity contribution in [1.29, 1.82) is 0 Å². The number of aromatic nitrogens is 2. The Morgan fingerprint density at radius 2 is 2.25 bits per heavy atom. The summed E-state index contributed by atoms with van der Waals surface area (Å²) in [6.45, 7) is 1.71. The lowest BCUT2D eigenvalue weighted by Crippen LogP contribution is -2.18. The molecule has 0 aliphatic heterocycles. The summed E-state index contributed by atoms with van der Waals surface area (Å²) < 4.78 is 2.86. The van der Waals surface area contributed by atoms with E-state index in [0.717, 1.165) is 16.7 Å². The molecule has 1 aromatic carbocycles. The smallest absolute Gasteiger partial charge is 0.255 e. The van der Waals surface area contributed by atoms with E-state index in [1.54, 1.807) is 12.3 Å². The molecule has 0 unspecified atom stereocenters. The number of hydrogen-bond donors (Lipinski definition) is 1. The molecular weight excluding hydrogens is 367 g/mol. The van der Waals surface area contributed by atoms with Crippen molar-refractivity contribution in [2.75, 3.05) is 26.0 Å². The van der Waals surface area contributed by atoms with Crippen LogP contribution in [0.15, 0.2) is 36.7 Å². The maximum absolute atomic E-state index is 12.1. The van der Waals surface area contributed by atoms with Crippen LogP contribution in [0.25, 0.3) is 0 Å². The zero-order valence-electron chi connectivity index (χ0n) is 11.5. The second-order valence-corrected chi connectivity index (χ2v) is 6.01. The zero-order chi connectivity index (χ0) is 14.5. The van der Waals surface area contributed by atoms with Gasteiger partial charge in [-0.15, -0.1) is 0 Å². The lowest BCUT2D eigenvalue weighted by atomic mass is 10.2. The van der Waals surface area contributed by atoms with Gasteiger partial charge < -0.3 is 10.2 Å². The Morgan fingerprint density at radius 1 is 1.45 bits per heavy atom. The van der Waals surface area contributed by atoms with Gasteiger partial charge >= 0.3 is 0 Å². The molecule has 0 bridgehead atoms. The fourth-order valence-electron chi connectivity index (χ4n) is 1.69. The van der Waals surface area contributed by atoms with Crippen LogP contribution in [0.3, 0.4) is 0 Å². The van der Waals surface area contributed by atoms with Crippen molar-refractivity contribution in [2.24, 2.45) is 0 Å². The number of nitrogens with one attached hydrogen (secondary N) is 1. The van der Waals surface area contributed by atoms with Crippen molar-refractivity contribution >= 4 is 34.2 Å².